The lowest BCUT2D eigenvalue weighted by Crippen LogP contribution is -2.02. The molecule has 0 aromatic rings. The fraction of sp³-hybridized carbons (Fsp3) is 0.667. The number of rotatable bonds is 7. The van der Waals surface area contributed by atoms with E-state index in [2.05, 4.69) is 11.7 Å². The topological polar surface area (TPSA) is 50.1 Å². The lowest BCUT2D eigenvalue weighted by Gasteiger charge is -1.98. The fourth-order valence-electron chi connectivity index (χ4n) is 1.28. The van der Waals surface area contributed by atoms with Crippen LogP contribution in [0.25, 0.3) is 0 Å². The van der Waals surface area contributed by atoms with Crippen LogP contribution in [0, 0.1) is 11.3 Å². The van der Waals surface area contributed by atoms with E-state index in [0.717, 1.165) is 19.3 Å². The Hall–Kier alpha value is -1.30. The summed E-state index contributed by atoms with van der Waals surface area (Å²) in [5.41, 5.74) is 0.119. The van der Waals surface area contributed by atoms with Gasteiger partial charge in [-0.25, -0.2) is 4.79 Å². The predicted molar refractivity (Wildman–Crippen MR) is 59.1 cm³/mol. The maximum Gasteiger partial charge on any atom is 0.348 e. The van der Waals surface area contributed by atoms with E-state index in [1.165, 1.54) is 26.4 Å². The summed E-state index contributed by atoms with van der Waals surface area (Å²) in [7, 11) is 1.29. The third kappa shape index (κ3) is 6.73. The molecule has 15 heavy (non-hydrogen) atoms. The average Bonchev–Trinajstić information content (AvgIpc) is 2.27. The van der Waals surface area contributed by atoms with Gasteiger partial charge in [0.25, 0.3) is 0 Å². The molecule has 0 radical (unpaired) electrons. The first-order chi connectivity index (χ1) is 7.26. The maximum absolute atomic E-state index is 11.0. The van der Waals surface area contributed by atoms with E-state index in [1.54, 1.807) is 6.08 Å². The smallest absolute Gasteiger partial charge is 0.348 e. The Bertz CT molecular complexity index is 251. The zero-order chi connectivity index (χ0) is 11.5. The van der Waals surface area contributed by atoms with Crippen LogP contribution in [0.2, 0.25) is 0 Å². The molecule has 0 unspecified atom stereocenters. The van der Waals surface area contributed by atoms with E-state index in [9.17, 15) is 4.79 Å². The summed E-state index contributed by atoms with van der Waals surface area (Å²) in [5.74, 6) is -0.536. The van der Waals surface area contributed by atoms with Crippen LogP contribution in [0.5, 0.6) is 0 Å². The highest BCUT2D eigenvalue weighted by Crippen LogP contribution is 2.07. The van der Waals surface area contributed by atoms with Gasteiger partial charge in [-0.05, 0) is 12.8 Å². The number of carbonyl (C=O) groups excluding carboxylic acids is 1. The molecule has 0 spiro atoms. The van der Waals surface area contributed by atoms with E-state index in [0.29, 0.717) is 0 Å². The van der Waals surface area contributed by atoms with Gasteiger partial charge in [0, 0.05) is 0 Å². The molecule has 0 amide bonds. The first-order valence-corrected chi connectivity index (χ1v) is 5.44. The SMILES string of the molecule is CCCCCCCC=C(C#N)C(=O)OC. The van der Waals surface area contributed by atoms with Crippen molar-refractivity contribution in [2.45, 2.75) is 45.4 Å². The van der Waals surface area contributed by atoms with E-state index in [1.807, 2.05) is 6.07 Å². The second kappa shape index (κ2) is 9.26. The van der Waals surface area contributed by atoms with Crippen molar-refractivity contribution in [2.75, 3.05) is 7.11 Å². The molecule has 0 heterocycles. The second-order valence-electron chi connectivity index (χ2n) is 3.42. The van der Waals surface area contributed by atoms with Crippen molar-refractivity contribution in [1.29, 1.82) is 5.26 Å². The Labute approximate surface area is 91.7 Å². The van der Waals surface area contributed by atoms with Crippen molar-refractivity contribution in [3.05, 3.63) is 11.6 Å². The van der Waals surface area contributed by atoms with Crippen molar-refractivity contribution in [1.82, 2.24) is 0 Å². The Morgan fingerprint density at radius 3 is 2.53 bits per heavy atom. The summed E-state index contributed by atoms with van der Waals surface area (Å²) in [6, 6.07) is 1.84. The Kier molecular flexibility index (Phi) is 8.46. The molecule has 0 aromatic heterocycles. The number of unbranched alkanes of at least 4 members (excludes halogenated alkanes) is 5. The molecule has 0 N–H and O–H groups in total. The Balaban J connectivity index is 3.74. The molecular formula is C12H19NO2. The highest BCUT2D eigenvalue weighted by Gasteiger charge is 2.06. The zero-order valence-corrected chi connectivity index (χ0v) is 9.58. The summed E-state index contributed by atoms with van der Waals surface area (Å²) >= 11 is 0. The molecule has 0 aromatic carbocycles. The summed E-state index contributed by atoms with van der Waals surface area (Å²) in [4.78, 5) is 11.0. The van der Waals surface area contributed by atoms with Gasteiger partial charge in [-0.2, -0.15) is 5.26 Å². The number of hydrogen-bond acceptors (Lipinski definition) is 3. The standard InChI is InChI=1S/C12H19NO2/c1-3-4-5-6-7-8-9-11(10-13)12(14)15-2/h9H,3-8H2,1-2H3. The van der Waals surface area contributed by atoms with Gasteiger partial charge in [0.1, 0.15) is 11.6 Å². The van der Waals surface area contributed by atoms with Crippen LogP contribution < -0.4 is 0 Å². The molecule has 0 saturated carbocycles. The quantitative estimate of drug-likeness (QED) is 0.280. The van der Waals surface area contributed by atoms with Crippen LogP contribution in [-0.2, 0) is 9.53 Å². The third-order valence-electron chi connectivity index (χ3n) is 2.18. The van der Waals surface area contributed by atoms with Crippen molar-refractivity contribution in [2.24, 2.45) is 0 Å². The minimum atomic E-state index is -0.536. The van der Waals surface area contributed by atoms with Crippen LogP contribution >= 0.6 is 0 Å². The van der Waals surface area contributed by atoms with Gasteiger partial charge in [-0.1, -0.05) is 38.7 Å². The van der Waals surface area contributed by atoms with Crippen LogP contribution in [0.4, 0.5) is 0 Å². The van der Waals surface area contributed by atoms with Gasteiger partial charge in [0.2, 0.25) is 0 Å². The number of nitriles is 1. The molecule has 0 aliphatic rings. The maximum atomic E-state index is 11.0. The van der Waals surface area contributed by atoms with E-state index in [4.69, 9.17) is 5.26 Å². The molecular weight excluding hydrogens is 190 g/mol. The van der Waals surface area contributed by atoms with Gasteiger partial charge in [-0.3, -0.25) is 0 Å². The molecule has 0 rings (SSSR count). The van der Waals surface area contributed by atoms with Gasteiger partial charge >= 0.3 is 5.97 Å². The minimum Gasteiger partial charge on any atom is -0.465 e. The summed E-state index contributed by atoms with van der Waals surface area (Å²) in [5, 5.41) is 8.65. The third-order valence-corrected chi connectivity index (χ3v) is 2.18. The molecule has 0 atom stereocenters. The van der Waals surface area contributed by atoms with Crippen LogP contribution in [-0.4, -0.2) is 13.1 Å². The first kappa shape index (κ1) is 13.7. The highest BCUT2D eigenvalue weighted by molar-refractivity contribution is 5.92. The number of allylic oxidation sites excluding steroid dienone is 1. The largest absolute Gasteiger partial charge is 0.465 e. The van der Waals surface area contributed by atoms with E-state index in [-0.39, 0.29) is 5.57 Å². The molecule has 0 bridgehead atoms. The van der Waals surface area contributed by atoms with Gasteiger partial charge in [-0.15, -0.1) is 0 Å². The number of hydrogen-bond donors (Lipinski definition) is 0. The van der Waals surface area contributed by atoms with Crippen molar-refractivity contribution in [3.63, 3.8) is 0 Å². The summed E-state index contributed by atoms with van der Waals surface area (Å²) in [6.07, 6.45) is 8.34. The number of methoxy groups -OCH3 is 1. The summed E-state index contributed by atoms with van der Waals surface area (Å²) < 4.78 is 4.47. The second-order valence-corrected chi connectivity index (χ2v) is 3.42. The van der Waals surface area contributed by atoms with E-state index < -0.39 is 5.97 Å². The number of ether oxygens (including phenoxy) is 1. The monoisotopic (exact) mass is 209 g/mol. The molecule has 3 heteroatoms. The van der Waals surface area contributed by atoms with Crippen molar-refractivity contribution < 1.29 is 9.53 Å². The average molecular weight is 209 g/mol. The lowest BCUT2D eigenvalue weighted by atomic mass is 10.1. The summed E-state index contributed by atoms with van der Waals surface area (Å²) in [6.45, 7) is 2.17. The zero-order valence-electron chi connectivity index (χ0n) is 9.58. The number of esters is 1. The molecule has 0 saturated heterocycles. The van der Waals surface area contributed by atoms with Crippen molar-refractivity contribution >= 4 is 5.97 Å². The Morgan fingerprint density at radius 2 is 2.00 bits per heavy atom. The van der Waals surface area contributed by atoms with Crippen LogP contribution in [0.15, 0.2) is 11.6 Å². The van der Waals surface area contributed by atoms with Gasteiger partial charge in [0.15, 0.2) is 0 Å². The molecule has 0 fully saturated rings. The molecule has 84 valence electrons. The molecule has 3 nitrogen and oxygen atoms in total. The highest BCUT2D eigenvalue weighted by atomic mass is 16.5. The Morgan fingerprint density at radius 1 is 1.33 bits per heavy atom. The van der Waals surface area contributed by atoms with E-state index >= 15 is 0 Å². The first-order valence-electron chi connectivity index (χ1n) is 5.44. The molecule has 0 aliphatic carbocycles. The predicted octanol–water partition coefficient (Wildman–Crippen LogP) is 2.97. The normalized spacial score (nSPS) is 10.9. The fourth-order valence-corrected chi connectivity index (χ4v) is 1.28. The minimum absolute atomic E-state index is 0.119. The van der Waals surface area contributed by atoms with Crippen LogP contribution in [0.1, 0.15) is 45.4 Å². The van der Waals surface area contributed by atoms with Gasteiger partial charge in [0.05, 0.1) is 7.11 Å². The van der Waals surface area contributed by atoms with Gasteiger partial charge < -0.3 is 4.74 Å². The lowest BCUT2D eigenvalue weighted by molar-refractivity contribution is -0.135. The number of carbonyl (C=O) groups is 1. The van der Waals surface area contributed by atoms with Crippen molar-refractivity contribution in [3.8, 4) is 6.07 Å². The number of nitrogens with zero attached hydrogens (tertiary/aromatic N) is 1. The van der Waals surface area contributed by atoms with Crippen LogP contribution in [0.3, 0.4) is 0 Å². The molecule has 0 aliphatic heterocycles.